The number of hydrogen-bond donors (Lipinski definition) is 1. The van der Waals surface area contributed by atoms with Gasteiger partial charge in [-0.15, -0.1) is 0 Å². The molecule has 3 rings (SSSR count). The summed E-state index contributed by atoms with van der Waals surface area (Å²) in [7, 11) is 1.83. The van der Waals surface area contributed by atoms with Crippen molar-refractivity contribution in [2.45, 2.75) is 25.8 Å². The number of aliphatic carboxylic acids is 1. The molecule has 0 aromatic carbocycles. The molecule has 0 spiro atoms. The molecule has 24 heavy (non-hydrogen) atoms. The van der Waals surface area contributed by atoms with Crippen molar-refractivity contribution < 1.29 is 9.90 Å². The van der Waals surface area contributed by atoms with Crippen LogP contribution in [0.3, 0.4) is 0 Å². The number of carboxylic acid groups (broad SMARTS) is 1. The van der Waals surface area contributed by atoms with Crippen molar-refractivity contribution in [3.63, 3.8) is 0 Å². The van der Waals surface area contributed by atoms with Crippen molar-refractivity contribution in [3.05, 3.63) is 46.5 Å². The van der Waals surface area contributed by atoms with Gasteiger partial charge in [-0.2, -0.15) is 5.10 Å². The molecule has 0 unspecified atom stereocenters. The fraction of sp³-hybridized carbons (Fsp3) is 0.471. The molecule has 7 heteroatoms. The van der Waals surface area contributed by atoms with Gasteiger partial charge in [0.15, 0.2) is 0 Å². The number of aryl methyl sites for hydroxylation is 2. The third kappa shape index (κ3) is 3.16. The van der Waals surface area contributed by atoms with E-state index in [0.29, 0.717) is 24.8 Å². The van der Waals surface area contributed by atoms with Gasteiger partial charge in [0.25, 0.3) is 0 Å². The van der Waals surface area contributed by atoms with Crippen LogP contribution in [0.4, 0.5) is 0 Å². The fourth-order valence-corrected chi connectivity index (χ4v) is 3.63. The van der Waals surface area contributed by atoms with Gasteiger partial charge in [0.05, 0.1) is 11.6 Å². The highest BCUT2D eigenvalue weighted by atomic mass is 35.5. The number of carbonyl (C=O) groups is 1. The van der Waals surface area contributed by atoms with E-state index in [0.717, 1.165) is 23.4 Å². The largest absolute Gasteiger partial charge is 0.481 e. The second-order valence-corrected chi connectivity index (χ2v) is 6.55. The zero-order valence-corrected chi connectivity index (χ0v) is 14.6. The predicted octanol–water partition coefficient (Wildman–Crippen LogP) is 2.33. The van der Waals surface area contributed by atoms with Gasteiger partial charge < -0.3 is 5.11 Å². The van der Waals surface area contributed by atoms with Gasteiger partial charge in [0.2, 0.25) is 0 Å². The van der Waals surface area contributed by atoms with Gasteiger partial charge in [-0.05, 0) is 18.6 Å². The van der Waals surface area contributed by atoms with E-state index in [9.17, 15) is 9.90 Å². The number of halogens is 1. The summed E-state index contributed by atoms with van der Waals surface area (Å²) in [6.07, 6.45) is 2.51. The minimum absolute atomic E-state index is 0.107. The molecule has 1 fully saturated rings. The number of nitrogens with zero attached hydrogens (tertiary/aromatic N) is 4. The number of carboxylic acids is 1. The Kier molecular flexibility index (Phi) is 4.87. The maximum atomic E-state index is 11.7. The predicted molar refractivity (Wildman–Crippen MR) is 91.0 cm³/mol. The molecule has 0 amide bonds. The maximum absolute atomic E-state index is 11.7. The Balaban J connectivity index is 1.83. The Morgan fingerprint density at radius 3 is 2.83 bits per heavy atom. The molecule has 1 aliphatic rings. The summed E-state index contributed by atoms with van der Waals surface area (Å²) in [6.45, 7) is 3.80. The molecule has 2 atom stereocenters. The van der Waals surface area contributed by atoms with Crippen LogP contribution in [0.2, 0.25) is 5.15 Å². The molecular formula is C17H21ClN4O2. The van der Waals surface area contributed by atoms with E-state index in [2.05, 4.69) is 15.0 Å². The Labute approximate surface area is 146 Å². The Hall–Kier alpha value is -1.92. The number of pyridine rings is 1. The van der Waals surface area contributed by atoms with Crippen LogP contribution in [-0.4, -0.2) is 43.8 Å². The molecule has 0 bridgehead atoms. The summed E-state index contributed by atoms with van der Waals surface area (Å²) in [6, 6.07) is 5.64. The van der Waals surface area contributed by atoms with Crippen molar-refractivity contribution >= 4 is 17.6 Å². The Morgan fingerprint density at radius 2 is 2.21 bits per heavy atom. The normalized spacial score (nSPS) is 21.3. The van der Waals surface area contributed by atoms with Gasteiger partial charge in [-0.1, -0.05) is 24.6 Å². The van der Waals surface area contributed by atoms with E-state index in [1.54, 1.807) is 10.9 Å². The highest BCUT2D eigenvalue weighted by molar-refractivity contribution is 6.30. The second kappa shape index (κ2) is 6.91. The number of aromatic nitrogens is 3. The zero-order chi connectivity index (χ0) is 17.3. The van der Waals surface area contributed by atoms with Crippen molar-refractivity contribution in [1.29, 1.82) is 0 Å². The molecule has 2 aromatic rings. The van der Waals surface area contributed by atoms with Crippen LogP contribution in [0.1, 0.15) is 29.8 Å². The summed E-state index contributed by atoms with van der Waals surface area (Å²) in [4.78, 5) is 18.2. The maximum Gasteiger partial charge on any atom is 0.308 e. The lowest BCUT2D eigenvalue weighted by Crippen LogP contribution is -2.23. The third-order valence-electron chi connectivity index (χ3n) is 4.65. The lowest BCUT2D eigenvalue weighted by molar-refractivity contribution is -0.141. The van der Waals surface area contributed by atoms with Gasteiger partial charge in [0.1, 0.15) is 5.15 Å². The Bertz CT molecular complexity index is 732. The smallest absolute Gasteiger partial charge is 0.308 e. The molecule has 1 saturated heterocycles. The van der Waals surface area contributed by atoms with Gasteiger partial charge in [-0.3, -0.25) is 19.4 Å². The van der Waals surface area contributed by atoms with Crippen molar-refractivity contribution in [3.8, 4) is 0 Å². The molecule has 0 aliphatic carbocycles. The van der Waals surface area contributed by atoms with E-state index < -0.39 is 11.9 Å². The van der Waals surface area contributed by atoms with E-state index in [1.165, 1.54) is 0 Å². The monoisotopic (exact) mass is 348 g/mol. The summed E-state index contributed by atoms with van der Waals surface area (Å²) in [5.74, 6) is -1.34. The van der Waals surface area contributed by atoms with E-state index in [4.69, 9.17) is 11.6 Å². The second-order valence-electron chi connectivity index (χ2n) is 6.19. The van der Waals surface area contributed by atoms with Gasteiger partial charge in [0, 0.05) is 50.1 Å². The third-order valence-corrected chi connectivity index (χ3v) is 5.12. The SMILES string of the molecule is CCc1nn(C)c(Cl)c1CN1C[C@@H](C(=O)O)[C@H](c2ccccn2)C1. The number of likely N-dealkylation sites (tertiary alicyclic amines) is 1. The van der Waals surface area contributed by atoms with Crippen molar-refractivity contribution in [2.24, 2.45) is 13.0 Å². The zero-order valence-electron chi connectivity index (χ0n) is 13.8. The lowest BCUT2D eigenvalue weighted by Gasteiger charge is -2.16. The van der Waals surface area contributed by atoms with E-state index in [1.807, 2.05) is 32.2 Å². The summed E-state index contributed by atoms with van der Waals surface area (Å²) in [5.41, 5.74) is 2.79. The topological polar surface area (TPSA) is 71.2 Å². The van der Waals surface area contributed by atoms with Crippen LogP contribution < -0.4 is 0 Å². The van der Waals surface area contributed by atoms with Crippen LogP contribution in [0.15, 0.2) is 24.4 Å². The number of rotatable bonds is 5. The van der Waals surface area contributed by atoms with E-state index in [-0.39, 0.29) is 5.92 Å². The molecule has 1 aliphatic heterocycles. The molecule has 128 valence electrons. The molecule has 0 saturated carbocycles. The van der Waals surface area contributed by atoms with Crippen LogP contribution in [-0.2, 0) is 24.8 Å². The molecule has 6 nitrogen and oxygen atoms in total. The minimum Gasteiger partial charge on any atom is -0.481 e. The van der Waals surface area contributed by atoms with Gasteiger partial charge >= 0.3 is 5.97 Å². The highest BCUT2D eigenvalue weighted by Gasteiger charge is 2.39. The Morgan fingerprint density at radius 1 is 1.42 bits per heavy atom. The number of hydrogen-bond acceptors (Lipinski definition) is 4. The fourth-order valence-electron chi connectivity index (χ4n) is 3.42. The average molecular weight is 349 g/mol. The highest BCUT2D eigenvalue weighted by Crippen LogP contribution is 2.34. The summed E-state index contributed by atoms with van der Waals surface area (Å²) in [5, 5.41) is 14.6. The minimum atomic E-state index is -0.777. The van der Waals surface area contributed by atoms with Crippen LogP contribution >= 0.6 is 11.6 Å². The van der Waals surface area contributed by atoms with Crippen LogP contribution in [0.25, 0.3) is 0 Å². The van der Waals surface area contributed by atoms with Crippen LogP contribution in [0.5, 0.6) is 0 Å². The van der Waals surface area contributed by atoms with Crippen molar-refractivity contribution in [1.82, 2.24) is 19.7 Å². The first-order valence-corrected chi connectivity index (χ1v) is 8.45. The lowest BCUT2D eigenvalue weighted by atomic mass is 9.93. The first kappa shape index (κ1) is 16.9. The first-order valence-electron chi connectivity index (χ1n) is 8.07. The molecule has 3 heterocycles. The molecule has 2 aromatic heterocycles. The molecular weight excluding hydrogens is 328 g/mol. The van der Waals surface area contributed by atoms with Crippen LogP contribution in [0, 0.1) is 5.92 Å². The average Bonchev–Trinajstić information content (AvgIpc) is 3.12. The quantitative estimate of drug-likeness (QED) is 0.898. The van der Waals surface area contributed by atoms with E-state index >= 15 is 0 Å². The standard InChI is InChI=1S/C17H21ClN4O2/c1-3-14-13(16(18)21(2)20-14)10-22-8-11(12(9-22)17(23)24)15-6-4-5-7-19-15/h4-7,11-12H,3,8-10H2,1-2H3,(H,23,24)/t11-,12-/m1/s1. The molecule has 1 N–H and O–H groups in total. The summed E-state index contributed by atoms with van der Waals surface area (Å²) < 4.78 is 1.68. The first-order chi connectivity index (χ1) is 11.5. The summed E-state index contributed by atoms with van der Waals surface area (Å²) >= 11 is 6.37. The molecule has 0 radical (unpaired) electrons. The van der Waals surface area contributed by atoms with Crippen molar-refractivity contribution in [2.75, 3.05) is 13.1 Å². The van der Waals surface area contributed by atoms with Gasteiger partial charge in [-0.25, -0.2) is 0 Å².